The summed E-state index contributed by atoms with van der Waals surface area (Å²) in [6, 6.07) is 6.75. The highest BCUT2D eigenvalue weighted by Crippen LogP contribution is 2.26. The zero-order valence-electron chi connectivity index (χ0n) is 13.1. The minimum atomic E-state index is 0.788. The number of fused-ring (bicyclic) bond motifs is 1. The van der Waals surface area contributed by atoms with Crippen molar-refractivity contribution < 1.29 is 4.74 Å². The van der Waals surface area contributed by atoms with E-state index in [1.165, 1.54) is 27.7 Å². The number of hydrogen-bond acceptors (Lipinski definition) is 2. The van der Waals surface area contributed by atoms with Crippen molar-refractivity contribution >= 4 is 10.9 Å². The van der Waals surface area contributed by atoms with Gasteiger partial charge in [0.15, 0.2) is 0 Å². The van der Waals surface area contributed by atoms with E-state index >= 15 is 0 Å². The maximum atomic E-state index is 5.63. The molecule has 2 aromatic rings. The first kappa shape index (κ1) is 15.1. The van der Waals surface area contributed by atoms with Gasteiger partial charge in [0.25, 0.3) is 0 Å². The van der Waals surface area contributed by atoms with Crippen LogP contribution in [0.1, 0.15) is 30.2 Å². The molecule has 0 aliphatic heterocycles. The molecule has 20 heavy (non-hydrogen) atoms. The van der Waals surface area contributed by atoms with Crippen LogP contribution in [0.3, 0.4) is 0 Å². The fourth-order valence-electron chi connectivity index (χ4n) is 2.70. The van der Waals surface area contributed by atoms with Crippen molar-refractivity contribution in [2.24, 2.45) is 0 Å². The highest BCUT2D eigenvalue weighted by molar-refractivity contribution is 5.86. The topological polar surface area (TPSA) is 26.2 Å². The van der Waals surface area contributed by atoms with Crippen LogP contribution < -0.4 is 5.32 Å². The largest absolute Gasteiger partial charge is 0.380 e. The van der Waals surface area contributed by atoms with Gasteiger partial charge in [-0.25, -0.2) is 0 Å². The standard InChI is InChI=1S/C17H26N2O/c1-5-9-20-10-8-19-14(3)13(2)16-11-15(12-18-4)6-7-17(16)19/h6-7,11,18H,5,8-10,12H2,1-4H3. The lowest BCUT2D eigenvalue weighted by Crippen LogP contribution is -2.08. The molecule has 0 saturated carbocycles. The quantitative estimate of drug-likeness (QED) is 0.783. The SMILES string of the molecule is CCCOCCn1c(C)c(C)c2cc(CNC)ccc21. The summed E-state index contributed by atoms with van der Waals surface area (Å²) in [5.74, 6) is 0. The van der Waals surface area contributed by atoms with Gasteiger partial charge in [0.05, 0.1) is 6.61 Å². The Morgan fingerprint density at radius 2 is 2.00 bits per heavy atom. The second-order valence-electron chi connectivity index (χ2n) is 5.36. The van der Waals surface area contributed by atoms with E-state index in [0.29, 0.717) is 0 Å². The minimum Gasteiger partial charge on any atom is -0.380 e. The van der Waals surface area contributed by atoms with Gasteiger partial charge >= 0.3 is 0 Å². The highest BCUT2D eigenvalue weighted by Gasteiger charge is 2.11. The van der Waals surface area contributed by atoms with E-state index in [0.717, 1.165) is 32.7 Å². The van der Waals surface area contributed by atoms with E-state index in [-0.39, 0.29) is 0 Å². The average Bonchev–Trinajstić information content (AvgIpc) is 2.68. The van der Waals surface area contributed by atoms with E-state index in [1.807, 2.05) is 7.05 Å². The maximum absolute atomic E-state index is 5.63. The molecule has 0 saturated heterocycles. The van der Waals surface area contributed by atoms with Crippen molar-refractivity contribution in [3.8, 4) is 0 Å². The Labute approximate surface area is 121 Å². The first-order chi connectivity index (χ1) is 9.69. The van der Waals surface area contributed by atoms with Crippen LogP contribution in [-0.4, -0.2) is 24.8 Å². The number of ether oxygens (including phenoxy) is 1. The molecule has 0 aliphatic rings. The van der Waals surface area contributed by atoms with Crippen molar-refractivity contribution in [3.63, 3.8) is 0 Å². The number of hydrogen-bond donors (Lipinski definition) is 1. The molecule has 1 N–H and O–H groups in total. The summed E-state index contributed by atoms with van der Waals surface area (Å²) >= 11 is 0. The summed E-state index contributed by atoms with van der Waals surface area (Å²) in [5, 5.41) is 4.58. The predicted octanol–water partition coefficient (Wildman–Crippen LogP) is 3.40. The van der Waals surface area contributed by atoms with Gasteiger partial charge in [-0.2, -0.15) is 0 Å². The third-order valence-electron chi connectivity index (χ3n) is 3.89. The van der Waals surface area contributed by atoms with E-state index in [2.05, 4.69) is 48.9 Å². The number of benzene rings is 1. The highest BCUT2D eigenvalue weighted by atomic mass is 16.5. The zero-order chi connectivity index (χ0) is 14.5. The lowest BCUT2D eigenvalue weighted by Gasteiger charge is -2.09. The Bertz CT molecular complexity index is 572. The normalized spacial score (nSPS) is 11.4. The van der Waals surface area contributed by atoms with Crippen molar-refractivity contribution in [3.05, 3.63) is 35.0 Å². The average molecular weight is 274 g/mol. The molecule has 3 nitrogen and oxygen atoms in total. The summed E-state index contributed by atoms with van der Waals surface area (Å²) in [4.78, 5) is 0. The van der Waals surface area contributed by atoms with Crippen molar-refractivity contribution in [1.82, 2.24) is 9.88 Å². The van der Waals surface area contributed by atoms with Crippen LogP contribution in [0.25, 0.3) is 10.9 Å². The van der Waals surface area contributed by atoms with Gasteiger partial charge in [-0.15, -0.1) is 0 Å². The first-order valence-corrected chi connectivity index (χ1v) is 7.49. The summed E-state index contributed by atoms with van der Waals surface area (Å²) in [6.07, 6.45) is 1.08. The van der Waals surface area contributed by atoms with E-state index in [4.69, 9.17) is 4.74 Å². The molecule has 0 amide bonds. The molecule has 2 rings (SSSR count). The summed E-state index contributed by atoms with van der Waals surface area (Å²) < 4.78 is 8.01. The molecule has 1 heterocycles. The summed E-state index contributed by atoms with van der Waals surface area (Å²) in [6.45, 7) is 10.0. The van der Waals surface area contributed by atoms with Crippen LogP contribution in [0.5, 0.6) is 0 Å². The smallest absolute Gasteiger partial charge is 0.0645 e. The zero-order valence-corrected chi connectivity index (χ0v) is 13.1. The minimum absolute atomic E-state index is 0.788. The number of nitrogens with one attached hydrogen (secondary N) is 1. The van der Waals surface area contributed by atoms with Gasteiger partial charge in [0, 0.05) is 36.3 Å². The van der Waals surface area contributed by atoms with Crippen LogP contribution in [0.4, 0.5) is 0 Å². The molecular formula is C17H26N2O. The molecule has 110 valence electrons. The maximum Gasteiger partial charge on any atom is 0.0645 e. The molecule has 0 spiro atoms. The van der Waals surface area contributed by atoms with Crippen LogP contribution in [-0.2, 0) is 17.8 Å². The Morgan fingerprint density at radius 3 is 2.70 bits per heavy atom. The van der Waals surface area contributed by atoms with Crippen LogP contribution in [0.15, 0.2) is 18.2 Å². The molecule has 1 aromatic carbocycles. The van der Waals surface area contributed by atoms with E-state index < -0.39 is 0 Å². The Balaban J connectivity index is 2.28. The van der Waals surface area contributed by atoms with Crippen molar-refractivity contribution in [1.29, 1.82) is 0 Å². The first-order valence-electron chi connectivity index (χ1n) is 7.49. The second-order valence-corrected chi connectivity index (χ2v) is 5.36. The van der Waals surface area contributed by atoms with Gasteiger partial charge in [-0.3, -0.25) is 0 Å². The van der Waals surface area contributed by atoms with Gasteiger partial charge < -0.3 is 14.6 Å². The number of aromatic nitrogens is 1. The lowest BCUT2D eigenvalue weighted by molar-refractivity contribution is 0.127. The molecule has 1 aromatic heterocycles. The Morgan fingerprint density at radius 1 is 1.20 bits per heavy atom. The van der Waals surface area contributed by atoms with Crippen LogP contribution >= 0.6 is 0 Å². The fourth-order valence-corrected chi connectivity index (χ4v) is 2.70. The van der Waals surface area contributed by atoms with Gasteiger partial charge in [-0.05, 0) is 50.6 Å². The monoisotopic (exact) mass is 274 g/mol. The number of aryl methyl sites for hydroxylation is 1. The molecule has 0 radical (unpaired) electrons. The van der Waals surface area contributed by atoms with Crippen LogP contribution in [0, 0.1) is 13.8 Å². The third-order valence-corrected chi connectivity index (χ3v) is 3.89. The van der Waals surface area contributed by atoms with Crippen molar-refractivity contribution in [2.75, 3.05) is 20.3 Å². The summed E-state index contributed by atoms with van der Waals surface area (Å²) in [5.41, 5.74) is 5.39. The molecule has 0 aliphatic carbocycles. The third kappa shape index (κ3) is 3.05. The van der Waals surface area contributed by atoms with E-state index in [1.54, 1.807) is 0 Å². The fraction of sp³-hybridized carbons (Fsp3) is 0.529. The Hall–Kier alpha value is -1.32. The Kier molecular flexibility index (Phi) is 5.21. The predicted molar refractivity (Wildman–Crippen MR) is 85.3 cm³/mol. The molecule has 0 atom stereocenters. The van der Waals surface area contributed by atoms with Crippen molar-refractivity contribution in [2.45, 2.75) is 40.3 Å². The number of rotatable bonds is 7. The molecule has 3 heteroatoms. The molecule has 0 unspecified atom stereocenters. The van der Waals surface area contributed by atoms with Crippen LogP contribution in [0.2, 0.25) is 0 Å². The van der Waals surface area contributed by atoms with E-state index in [9.17, 15) is 0 Å². The van der Waals surface area contributed by atoms with Gasteiger partial charge in [0.2, 0.25) is 0 Å². The molecular weight excluding hydrogens is 248 g/mol. The summed E-state index contributed by atoms with van der Waals surface area (Å²) in [7, 11) is 1.98. The van der Waals surface area contributed by atoms with Gasteiger partial charge in [-0.1, -0.05) is 13.0 Å². The lowest BCUT2D eigenvalue weighted by atomic mass is 10.1. The number of nitrogens with zero attached hydrogens (tertiary/aromatic N) is 1. The second kappa shape index (κ2) is 6.91. The van der Waals surface area contributed by atoms with Gasteiger partial charge in [0.1, 0.15) is 0 Å². The molecule has 0 fully saturated rings. The molecule has 0 bridgehead atoms.